The molecule has 0 atom stereocenters. The number of aromatic nitrogens is 3. The fourth-order valence-corrected chi connectivity index (χ4v) is 4.13. The molecule has 0 amide bonds. The summed E-state index contributed by atoms with van der Waals surface area (Å²) in [4.78, 5) is 32.8. The van der Waals surface area contributed by atoms with Gasteiger partial charge < -0.3 is 24.6 Å². The maximum Gasteiger partial charge on any atom is 0.274 e. The number of fused-ring (bicyclic) bond motifs is 1. The summed E-state index contributed by atoms with van der Waals surface area (Å²) in [6, 6.07) is 11.0. The van der Waals surface area contributed by atoms with E-state index >= 15 is 0 Å². The Balaban J connectivity index is 2.04. The maximum absolute atomic E-state index is 13.0. The van der Waals surface area contributed by atoms with Crippen molar-refractivity contribution in [2.75, 3.05) is 7.05 Å². The van der Waals surface area contributed by atoms with Crippen LogP contribution in [0.2, 0.25) is 0 Å². The van der Waals surface area contributed by atoms with Crippen LogP contribution >= 0.6 is 0 Å². The molecule has 1 aromatic carbocycles. The molecule has 4 aromatic rings. The van der Waals surface area contributed by atoms with E-state index in [0.717, 1.165) is 11.1 Å². The van der Waals surface area contributed by atoms with Crippen molar-refractivity contribution in [2.45, 2.75) is 13.8 Å². The SMILES string of the molecule is CN=C/C(=C(\N)C#N)c1cc2c(-c3cc(=O)n(C)cc3Oc3c(C)cccc3C)cn(C)c(=O)c2[nH]1. The summed E-state index contributed by atoms with van der Waals surface area (Å²) < 4.78 is 9.26. The second kappa shape index (κ2) is 9.43. The molecule has 3 aromatic heterocycles. The largest absolute Gasteiger partial charge is 0.455 e. The molecule has 9 nitrogen and oxygen atoms in total. The lowest BCUT2D eigenvalue weighted by atomic mass is 10.0. The van der Waals surface area contributed by atoms with E-state index in [0.29, 0.717) is 44.8 Å². The highest BCUT2D eigenvalue weighted by atomic mass is 16.5. The molecular formula is C27H26N6O3. The number of aromatic amines is 1. The number of benzene rings is 1. The van der Waals surface area contributed by atoms with E-state index in [2.05, 4.69) is 9.98 Å². The molecule has 3 heterocycles. The number of aliphatic imine (C=N–C) groups is 1. The molecule has 0 spiro atoms. The van der Waals surface area contributed by atoms with Crippen LogP contribution in [0.1, 0.15) is 16.8 Å². The quantitative estimate of drug-likeness (QED) is 0.332. The number of para-hydroxylation sites is 1. The number of allylic oxidation sites excluding steroid dienone is 2. The zero-order valence-corrected chi connectivity index (χ0v) is 20.7. The van der Waals surface area contributed by atoms with Crippen LogP contribution in [0.4, 0.5) is 0 Å². The monoisotopic (exact) mass is 482 g/mol. The first kappa shape index (κ1) is 24.3. The average Bonchev–Trinajstić information content (AvgIpc) is 3.29. The number of H-pyrrole nitrogens is 1. The molecule has 0 bridgehead atoms. The van der Waals surface area contributed by atoms with Gasteiger partial charge in [0, 0.05) is 61.7 Å². The van der Waals surface area contributed by atoms with Gasteiger partial charge in [0.25, 0.3) is 11.1 Å². The fourth-order valence-electron chi connectivity index (χ4n) is 4.13. The summed E-state index contributed by atoms with van der Waals surface area (Å²) in [5, 5.41) is 9.91. The van der Waals surface area contributed by atoms with E-state index in [-0.39, 0.29) is 16.8 Å². The molecule has 0 unspecified atom stereocenters. The van der Waals surface area contributed by atoms with Crippen molar-refractivity contribution in [3.8, 4) is 28.7 Å². The Morgan fingerprint density at radius 1 is 1.11 bits per heavy atom. The van der Waals surface area contributed by atoms with Gasteiger partial charge in [-0.25, -0.2) is 0 Å². The molecule has 4 rings (SSSR count). The van der Waals surface area contributed by atoms with Gasteiger partial charge in [-0.2, -0.15) is 5.26 Å². The molecule has 36 heavy (non-hydrogen) atoms. The summed E-state index contributed by atoms with van der Waals surface area (Å²) in [5.74, 6) is 1.15. The van der Waals surface area contributed by atoms with Crippen molar-refractivity contribution >= 4 is 22.7 Å². The highest BCUT2D eigenvalue weighted by Gasteiger charge is 2.20. The zero-order valence-electron chi connectivity index (χ0n) is 20.7. The first-order chi connectivity index (χ1) is 17.2. The molecule has 3 N–H and O–H groups in total. The lowest BCUT2D eigenvalue weighted by molar-refractivity contribution is 0.470. The Hall–Kier alpha value is -4.84. The van der Waals surface area contributed by atoms with E-state index in [4.69, 9.17) is 10.5 Å². The van der Waals surface area contributed by atoms with Gasteiger partial charge in [-0.1, -0.05) is 18.2 Å². The number of hydrogen-bond donors (Lipinski definition) is 2. The Morgan fingerprint density at radius 2 is 1.81 bits per heavy atom. The predicted octanol–water partition coefficient (Wildman–Crippen LogP) is 3.54. The van der Waals surface area contributed by atoms with Gasteiger partial charge in [-0.15, -0.1) is 0 Å². The predicted molar refractivity (Wildman–Crippen MR) is 141 cm³/mol. The van der Waals surface area contributed by atoms with Crippen molar-refractivity contribution in [3.63, 3.8) is 0 Å². The lowest BCUT2D eigenvalue weighted by Crippen LogP contribution is -2.18. The summed E-state index contributed by atoms with van der Waals surface area (Å²) in [7, 11) is 4.85. The minimum absolute atomic E-state index is 0.0434. The number of nitriles is 1. The van der Waals surface area contributed by atoms with E-state index in [1.54, 1.807) is 39.6 Å². The van der Waals surface area contributed by atoms with Crippen molar-refractivity contribution in [2.24, 2.45) is 24.8 Å². The third kappa shape index (κ3) is 4.20. The van der Waals surface area contributed by atoms with Gasteiger partial charge in [-0.05, 0) is 31.0 Å². The average molecular weight is 483 g/mol. The van der Waals surface area contributed by atoms with Crippen LogP contribution < -0.4 is 21.6 Å². The summed E-state index contributed by atoms with van der Waals surface area (Å²) in [6.07, 6.45) is 4.76. The Kier molecular flexibility index (Phi) is 6.36. The number of nitrogens with two attached hydrogens (primary N) is 1. The van der Waals surface area contributed by atoms with Gasteiger partial charge in [-0.3, -0.25) is 14.6 Å². The number of aryl methyl sites for hydroxylation is 4. The van der Waals surface area contributed by atoms with Gasteiger partial charge in [0.05, 0.1) is 11.9 Å². The van der Waals surface area contributed by atoms with E-state index < -0.39 is 0 Å². The summed E-state index contributed by atoms with van der Waals surface area (Å²) in [5.41, 5.74) is 9.51. The van der Waals surface area contributed by atoms with Gasteiger partial charge >= 0.3 is 0 Å². The molecular weight excluding hydrogens is 456 g/mol. The molecule has 0 fully saturated rings. The number of nitrogens with one attached hydrogen (secondary N) is 1. The number of pyridine rings is 2. The van der Waals surface area contributed by atoms with Crippen LogP contribution in [0, 0.1) is 25.2 Å². The standard InChI is InChI=1S/C27H26N6O3/c1-15-7-6-8-16(2)26(15)36-23-14-32(4)24(34)10-17(23)20-13-33(5)27(35)25-18(20)9-22(31-25)19(12-30-3)21(29)11-28/h6-10,12-14,31H,29H2,1-5H3/b21-19+,30-12?. The molecule has 182 valence electrons. The third-order valence-electron chi connectivity index (χ3n) is 6.03. The van der Waals surface area contributed by atoms with Crippen LogP contribution in [0.15, 0.2) is 63.0 Å². The van der Waals surface area contributed by atoms with Gasteiger partial charge in [0.2, 0.25) is 0 Å². The second-order valence-electron chi connectivity index (χ2n) is 8.58. The van der Waals surface area contributed by atoms with Crippen molar-refractivity contribution in [1.82, 2.24) is 14.1 Å². The third-order valence-corrected chi connectivity index (χ3v) is 6.03. The topological polar surface area (TPSA) is 131 Å². The fraction of sp³-hybridized carbons (Fsp3) is 0.185. The van der Waals surface area contributed by atoms with Crippen LogP contribution in [0.5, 0.6) is 11.5 Å². The van der Waals surface area contributed by atoms with Crippen LogP contribution in [-0.4, -0.2) is 27.4 Å². The van der Waals surface area contributed by atoms with Gasteiger partial charge in [0.1, 0.15) is 23.0 Å². The Labute approximate surface area is 207 Å². The highest BCUT2D eigenvalue weighted by Crippen LogP contribution is 2.38. The second-order valence-corrected chi connectivity index (χ2v) is 8.58. The Bertz CT molecular complexity index is 1710. The minimum Gasteiger partial charge on any atom is -0.455 e. The lowest BCUT2D eigenvalue weighted by Gasteiger charge is -2.17. The highest BCUT2D eigenvalue weighted by molar-refractivity contribution is 6.13. The first-order valence-corrected chi connectivity index (χ1v) is 11.2. The summed E-state index contributed by atoms with van der Waals surface area (Å²) >= 11 is 0. The van der Waals surface area contributed by atoms with Gasteiger partial charge in [0.15, 0.2) is 5.75 Å². The van der Waals surface area contributed by atoms with Crippen LogP contribution in [-0.2, 0) is 14.1 Å². The number of rotatable bonds is 5. The zero-order chi connectivity index (χ0) is 26.1. The van der Waals surface area contributed by atoms with Crippen LogP contribution in [0.25, 0.3) is 27.6 Å². The van der Waals surface area contributed by atoms with E-state index in [1.807, 2.05) is 38.1 Å². The van der Waals surface area contributed by atoms with E-state index in [9.17, 15) is 14.9 Å². The van der Waals surface area contributed by atoms with Crippen molar-refractivity contribution < 1.29 is 4.74 Å². The van der Waals surface area contributed by atoms with Crippen LogP contribution in [0.3, 0.4) is 0 Å². The number of hydrogen-bond acceptors (Lipinski definition) is 6. The number of ether oxygens (including phenoxy) is 1. The molecule has 0 aliphatic heterocycles. The smallest absolute Gasteiger partial charge is 0.274 e. The molecule has 0 aliphatic carbocycles. The van der Waals surface area contributed by atoms with Crippen molar-refractivity contribution in [1.29, 1.82) is 5.26 Å². The molecule has 9 heteroatoms. The normalized spacial score (nSPS) is 12.1. The Morgan fingerprint density at radius 3 is 2.44 bits per heavy atom. The minimum atomic E-state index is -0.274. The molecule has 0 saturated carbocycles. The van der Waals surface area contributed by atoms with E-state index in [1.165, 1.54) is 21.4 Å². The summed E-state index contributed by atoms with van der Waals surface area (Å²) in [6.45, 7) is 3.91. The number of nitrogens with zero attached hydrogens (tertiary/aromatic N) is 4. The molecule has 0 aliphatic rings. The molecule has 0 radical (unpaired) electrons. The molecule has 0 saturated heterocycles. The maximum atomic E-state index is 13.0. The van der Waals surface area contributed by atoms with Crippen molar-refractivity contribution in [3.05, 3.63) is 86.0 Å². The first-order valence-electron chi connectivity index (χ1n) is 11.2.